The summed E-state index contributed by atoms with van der Waals surface area (Å²) >= 11 is 0. The van der Waals surface area contributed by atoms with Crippen molar-refractivity contribution in [1.29, 1.82) is 0 Å². The Labute approximate surface area is 109 Å². The maximum Gasteiger partial charge on any atom is 0.326 e. The Bertz CT molecular complexity index is 305. The molecule has 1 rings (SSSR count). The summed E-state index contributed by atoms with van der Waals surface area (Å²) in [6.45, 7) is 5.61. The quantitative estimate of drug-likeness (QED) is 0.768. The standard InChI is InChI=1S/C13H24N2O3/c1-9(2)12(13(17)18)14-11(16)7-10-5-4-6-15(3)8-10/h9-10,12H,4-8H2,1-3H3,(H,14,16)(H,17,18)/t10?,12-/m0/s1. The molecule has 18 heavy (non-hydrogen) atoms. The van der Waals surface area contributed by atoms with Crippen LogP contribution in [0.1, 0.15) is 33.1 Å². The van der Waals surface area contributed by atoms with Gasteiger partial charge in [-0.1, -0.05) is 13.8 Å². The normalized spacial score (nSPS) is 22.8. The average molecular weight is 256 g/mol. The van der Waals surface area contributed by atoms with Crippen LogP contribution in [0.5, 0.6) is 0 Å². The van der Waals surface area contributed by atoms with Crippen LogP contribution >= 0.6 is 0 Å². The predicted octanol–water partition coefficient (Wildman–Crippen LogP) is 0.944. The number of carbonyl (C=O) groups is 2. The van der Waals surface area contributed by atoms with Crippen LogP contribution in [-0.2, 0) is 9.59 Å². The SMILES string of the molecule is CC(C)[C@H](NC(=O)CC1CCCN(C)C1)C(=O)O. The molecule has 0 aliphatic carbocycles. The van der Waals surface area contributed by atoms with Crippen molar-refractivity contribution >= 4 is 11.9 Å². The fraction of sp³-hybridized carbons (Fsp3) is 0.846. The molecule has 0 aromatic carbocycles. The molecule has 0 radical (unpaired) electrons. The molecule has 0 aromatic rings. The summed E-state index contributed by atoms with van der Waals surface area (Å²) < 4.78 is 0. The van der Waals surface area contributed by atoms with Gasteiger partial charge < -0.3 is 15.3 Å². The van der Waals surface area contributed by atoms with Gasteiger partial charge in [-0.05, 0) is 38.3 Å². The molecular weight excluding hydrogens is 232 g/mol. The van der Waals surface area contributed by atoms with E-state index in [9.17, 15) is 9.59 Å². The number of nitrogens with zero attached hydrogens (tertiary/aromatic N) is 1. The second-order valence-corrected chi connectivity index (χ2v) is 5.60. The lowest BCUT2D eigenvalue weighted by Crippen LogP contribution is -2.45. The number of amides is 1. The van der Waals surface area contributed by atoms with E-state index in [2.05, 4.69) is 17.3 Å². The monoisotopic (exact) mass is 256 g/mol. The summed E-state index contributed by atoms with van der Waals surface area (Å²) in [5.41, 5.74) is 0. The summed E-state index contributed by atoms with van der Waals surface area (Å²) in [5.74, 6) is -0.846. The molecule has 0 bridgehead atoms. The maximum atomic E-state index is 11.8. The molecule has 1 unspecified atom stereocenters. The van der Waals surface area contributed by atoms with E-state index in [-0.39, 0.29) is 11.8 Å². The van der Waals surface area contributed by atoms with Gasteiger partial charge in [0.25, 0.3) is 0 Å². The van der Waals surface area contributed by atoms with Crippen LogP contribution in [0.2, 0.25) is 0 Å². The van der Waals surface area contributed by atoms with Crippen molar-refractivity contribution < 1.29 is 14.7 Å². The Morgan fingerprint density at radius 2 is 2.11 bits per heavy atom. The van der Waals surface area contributed by atoms with Crippen LogP contribution < -0.4 is 5.32 Å². The number of hydrogen-bond acceptors (Lipinski definition) is 3. The molecule has 0 saturated carbocycles. The average Bonchev–Trinajstić information content (AvgIpc) is 2.25. The molecule has 1 aliphatic rings. The van der Waals surface area contributed by atoms with Crippen LogP contribution in [-0.4, -0.2) is 48.1 Å². The molecule has 2 atom stereocenters. The fourth-order valence-corrected chi connectivity index (χ4v) is 2.45. The van der Waals surface area contributed by atoms with E-state index in [1.165, 1.54) is 0 Å². The first-order chi connectivity index (χ1) is 8.40. The van der Waals surface area contributed by atoms with E-state index in [0.29, 0.717) is 12.3 Å². The van der Waals surface area contributed by atoms with Crippen LogP contribution in [0, 0.1) is 11.8 Å². The topological polar surface area (TPSA) is 69.6 Å². The minimum Gasteiger partial charge on any atom is -0.480 e. The minimum atomic E-state index is -0.959. The molecule has 1 amide bonds. The first-order valence-corrected chi connectivity index (χ1v) is 6.61. The Morgan fingerprint density at radius 3 is 2.61 bits per heavy atom. The molecule has 5 heteroatoms. The smallest absolute Gasteiger partial charge is 0.326 e. The molecule has 104 valence electrons. The summed E-state index contributed by atoms with van der Waals surface area (Å²) in [6.07, 6.45) is 2.60. The summed E-state index contributed by atoms with van der Waals surface area (Å²) in [5, 5.41) is 11.6. The Balaban J connectivity index is 2.42. The number of nitrogens with one attached hydrogen (secondary N) is 1. The summed E-state index contributed by atoms with van der Waals surface area (Å²) in [7, 11) is 2.05. The zero-order valence-electron chi connectivity index (χ0n) is 11.5. The van der Waals surface area contributed by atoms with Gasteiger partial charge >= 0.3 is 5.97 Å². The first-order valence-electron chi connectivity index (χ1n) is 6.61. The minimum absolute atomic E-state index is 0.0968. The van der Waals surface area contributed by atoms with Crippen molar-refractivity contribution in [2.45, 2.75) is 39.2 Å². The molecule has 1 fully saturated rings. The predicted molar refractivity (Wildman–Crippen MR) is 69.2 cm³/mol. The Hall–Kier alpha value is -1.10. The lowest BCUT2D eigenvalue weighted by molar-refractivity contribution is -0.143. The molecule has 5 nitrogen and oxygen atoms in total. The van der Waals surface area contributed by atoms with Crippen LogP contribution in [0.3, 0.4) is 0 Å². The van der Waals surface area contributed by atoms with Crippen molar-refractivity contribution in [3.8, 4) is 0 Å². The summed E-state index contributed by atoms with van der Waals surface area (Å²) in [4.78, 5) is 25.1. The highest BCUT2D eigenvalue weighted by atomic mass is 16.4. The van der Waals surface area contributed by atoms with Crippen molar-refractivity contribution in [3.63, 3.8) is 0 Å². The van der Waals surface area contributed by atoms with Crippen LogP contribution in [0.15, 0.2) is 0 Å². The van der Waals surface area contributed by atoms with Gasteiger partial charge in [-0.2, -0.15) is 0 Å². The number of carboxylic acids is 1. The molecule has 0 aromatic heterocycles. The molecule has 2 N–H and O–H groups in total. The van der Waals surface area contributed by atoms with Gasteiger partial charge in [-0.3, -0.25) is 4.79 Å². The van der Waals surface area contributed by atoms with Gasteiger partial charge in [0.2, 0.25) is 5.91 Å². The van der Waals surface area contributed by atoms with Crippen LogP contribution in [0.25, 0.3) is 0 Å². The lowest BCUT2D eigenvalue weighted by Gasteiger charge is -2.29. The second kappa shape index (κ2) is 6.73. The highest BCUT2D eigenvalue weighted by Crippen LogP contribution is 2.18. The van der Waals surface area contributed by atoms with Crippen molar-refractivity contribution in [3.05, 3.63) is 0 Å². The molecule has 1 aliphatic heterocycles. The number of aliphatic carboxylic acids is 1. The van der Waals surface area contributed by atoms with Crippen LogP contribution in [0.4, 0.5) is 0 Å². The van der Waals surface area contributed by atoms with E-state index in [1.807, 2.05) is 0 Å². The Morgan fingerprint density at radius 1 is 1.44 bits per heavy atom. The largest absolute Gasteiger partial charge is 0.480 e. The van der Waals surface area contributed by atoms with Gasteiger partial charge in [-0.15, -0.1) is 0 Å². The third kappa shape index (κ3) is 4.64. The number of likely N-dealkylation sites (tertiary alicyclic amines) is 1. The highest BCUT2D eigenvalue weighted by molar-refractivity contribution is 5.83. The van der Waals surface area contributed by atoms with Gasteiger partial charge in [0.1, 0.15) is 6.04 Å². The fourth-order valence-electron chi connectivity index (χ4n) is 2.45. The molecular formula is C13H24N2O3. The van der Waals surface area contributed by atoms with Crippen molar-refractivity contribution in [1.82, 2.24) is 10.2 Å². The second-order valence-electron chi connectivity index (χ2n) is 5.60. The number of piperidine rings is 1. The van der Waals surface area contributed by atoms with E-state index in [4.69, 9.17) is 5.11 Å². The maximum absolute atomic E-state index is 11.8. The lowest BCUT2D eigenvalue weighted by atomic mass is 9.94. The van der Waals surface area contributed by atoms with E-state index >= 15 is 0 Å². The zero-order chi connectivity index (χ0) is 13.7. The molecule has 0 spiro atoms. The third-order valence-electron chi connectivity index (χ3n) is 3.45. The number of carboxylic acid groups (broad SMARTS) is 1. The van der Waals surface area contributed by atoms with Gasteiger partial charge in [0.15, 0.2) is 0 Å². The zero-order valence-corrected chi connectivity index (χ0v) is 11.5. The van der Waals surface area contributed by atoms with E-state index in [1.54, 1.807) is 13.8 Å². The first kappa shape index (κ1) is 15.0. The molecule has 1 saturated heterocycles. The number of carbonyl (C=O) groups excluding carboxylic acids is 1. The number of rotatable bonds is 5. The highest BCUT2D eigenvalue weighted by Gasteiger charge is 2.25. The van der Waals surface area contributed by atoms with Gasteiger partial charge in [-0.25, -0.2) is 4.79 Å². The van der Waals surface area contributed by atoms with E-state index < -0.39 is 12.0 Å². The van der Waals surface area contributed by atoms with E-state index in [0.717, 1.165) is 25.9 Å². The van der Waals surface area contributed by atoms with Crippen molar-refractivity contribution in [2.75, 3.05) is 20.1 Å². The number of hydrogen-bond donors (Lipinski definition) is 2. The third-order valence-corrected chi connectivity index (χ3v) is 3.45. The van der Waals surface area contributed by atoms with Gasteiger partial charge in [0, 0.05) is 13.0 Å². The Kier molecular flexibility index (Phi) is 5.59. The summed E-state index contributed by atoms with van der Waals surface area (Å²) in [6, 6.07) is -0.779. The van der Waals surface area contributed by atoms with Gasteiger partial charge in [0.05, 0.1) is 0 Å². The van der Waals surface area contributed by atoms with Crippen molar-refractivity contribution in [2.24, 2.45) is 11.8 Å². The molecule has 1 heterocycles.